The minimum absolute atomic E-state index is 0.474. The van der Waals surface area contributed by atoms with E-state index in [2.05, 4.69) is 61.6 Å². The topological polar surface area (TPSA) is 29.9 Å². The smallest absolute Gasteiger partial charge is 0.0960 e. The van der Waals surface area contributed by atoms with E-state index in [9.17, 15) is 0 Å². The molecular weight excluding hydrogens is 246 g/mol. The number of fused-ring (bicyclic) bond motifs is 1. The van der Waals surface area contributed by atoms with Crippen molar-refractivity contribution in [3.8, 4) is 0 Å². The zero-order valence-corrected chi connectivity index (χ0v) is 13.4. The molecule has 0 spiro atoms. The summed E-state index contributed by atoms with van der Waals surface area (Å²) >= 11 is 0. The van der Waals surface area contributed by atoms with Crippen molar-refractivity contribution in [2.24, 2.45) is 5.92 Å². The van der Waals surface area contributed by atoms with E-state index in [0.717, 1.165) is 25.0 Å². The normalized spacial score (nSPS) is 13.3. The van der Waals surface area contributed by atoms with Gasteiger partial charge in [-0.25, -0.2) is 4.98 Å². The van der Waals surface area contributed by atoms with Crippen LogP contribution < -0.4 is 5.32 Å². The van der Waals surface area contributed by atoms with E-state index in [-0.39, 0.29) is 0 Å². The molecule has 0 aliphatic rings. The quantitative estimate of drug-likeness (QED) is 0.810. The summed E-state index contributed by atoms with van der Waals surface area (Å²) in [5, 5.41) is 3.51. The maximum absolute atomic E-state index is 4.54. The Morgan fingerprint density at radius 3 is 2.55 bits per heavy atom. The Hall–Kier alpha value is -1.35. The first-order valence-corrected chi connectivity index (χ1v) is 7.63. The van der Waals surface area contributed by atoms with E-state index < -0.39 is 0 Å². The summed E-state index contributed by atoms with van der Waals surface area (Å²) in [6.45, 7) is 13.2. The predicted molar refractivity (Wildman–Crippen MR) is 86.2 cm³/mol. The first kappa shape index (κ1) is 15.0. The average Bonchev–Trinajstić information content (AvgIpc) is 2.77. The highest BCUT2D eigenvalue weighted by Crippen LogP contribution is 2.22. The molecule has 3 nitrogen and oxygen atoms in total. The summed E-state index contributed by atoms with van der Waals surface area (Å²) in [6.07, 6.45) is 3.11. The molecule has 1 aromatic heterocycles. The molecule has 20 heavy (non-hydrogen) atoms. The van der Waals surface area contributed by atoms with Crippen molar-refractivity contribution < 1.29 is 0 Å². The minimum Gasteiger partial charge on any atom is -0.328 e. The second-order valence-electron chi connectivity index (χ2n) is 6.31. The van der Waals surface area contributed by atoms with E-state index in [1.54, 1.807) is 0 Å². The molecule has 0 saturated carbocycles. The Morgan fingerprint density at radius 1 is 1.15 bits per heavy atom. The van der Waals surface area contributed by atoms with Gasteiger partial charge < -0.3 is 9.88 Å². The third-order valence-electron chi connectivity index (χ3n) is 3.96. The fraction of sp³-hybridized carbons (Fsp3) is 0.588. The number of hydrogen-bond donors (Lipinski definition) is 1. The molecule has 0 saturated heterocycles. The number of aryl methyl sites for hydroxylation is 2. The summed E-state index contributed by atoms with van der Waals surface area (Å²) in [5.41, 5.74) is 5.01. The average molecular weight is 273 g/mol. The van der Waals surface area contributed by atoms with Gasteiger partial charge in [0.1, 0.15) is 0 Å². The Bertz CT molecular complexity index is 569. The van der Waals surface area contributed by atoms with Crippen molar-refractivity contribution in [3.05, 3.63) is 29.6 Å². The van der Waals surface area contributed by atoms with Gasteiger partial charge in [0.2, 0.25) is 0 Å². The van der Waals surface area contributed by atoms with E-state index in [4.69, 9.17) is 0 Å². The Balaban J connectivity index is 2.06. The first-order valence-electron chi connectivity index (χ1n) is 7.63. The number of imidazole rings is 1. The lowest BCUT2D eigenvalue weighted by molar-refractivity contribution is 0.471. The molecule has 1 N–H and O–H groups in total. The summed E-state index contributed by atoms with van der Waals surface area (Å²) < 4.78 is 2.30. The van der Waals surface area contributed by atoms with Crippen LogP contribution in [0.25, 0.3) is 11.0 Å². The summed E-state index contributed by atoms with van der Waals surface area (Å²) in [4.78, 5) is 4.54. The molecule has 1 unspecified atom stereocenters. The van der Waals surface area contributed by atoms with Crippen LogP contribution in [0, 0.1) is 19.8 Å². The Kier molecular flexibility index (Phi) is 4.81. The molecule has 2 rings (SSSR count). The minimum atomic E-state index is 0.474. The van der Waals surface area contributed by atoms with E-state index >= 15 is 0 Å². The van der Waals surface area contributed by atoms with E-state index in [1.807, 2.05) is 6.33 Å². The molecule has 1 atom stereocenters. The predicted octanol–water partition coefficient (Wildman–Crippen LogP) is 3.85. The number of hydrogen-bond acceptors (Lipinski definition) is 2. The molecule has 0 bridgehead atoms. The second kappa shape index (κ2) is 6.40. The van der Waals surface area contributed by atoms with E-state index in [1.165, 1.54) is 16.6 Å². The summed E-state index contributed by atoms with van der Waals surface area (Å²) in [5.74, 6) is 0.713. The number of nitrogens with zero attached hydrogens (tertiary/aromatic N) is 2. The standard InChI is InChI=1S/C17H27N3/c1-12(2)10-18-7-6-15(5)20-11-19-16-8-13(3)14(4)9-17(16)20/h8-9,11-12,15,18H,6-7,10H2,1-5H3. The van der Waals surface area contributed by atoms with Gasteiger partial charge in [-0.3, -0.25) is 0 Å². The van der Waals surface area contributed by atoms with Crippen LogP contribution in [0.4, 0.5) is 0 Å². The van der Waals surface area contributed by atoms with Crippen molar-refractivity contribution in [3.63, 3.8) is 0 Å². The third-order valence-corrected chi connectivity index (χ3v) is 3.96. The zero-order valence-electron chi connectivity index (χ0n) is 13.4. The second-order valence-corrected chi connectivity index (χ2v) is 6.31. The van der Waals surface area contributed by atoms with Crippen LogP contribution in [0.1, 0.15) is 44.4 Å². The molecule has 0 fully saturated rings. The van der Waals surface area contributed by atoms with Crippen LogP contribution in [0.2, 0.25) is 0 Å². The summed E-state index contributed by atoms with van der Waals surface area (Å²) in [6, 6.07) is 4.92. The molecule has 110 valence electrons. The van der Waals surface area contributed by atoms with Crippen LogP contribution in [-0.4, -0.2) is 22.6 Å². The summed E-state index contributed by atoms with van der Waals surface area (Å²) in [7, 11) is 0. The van der Waals surface area contributed by atoms with Gasteiger partial charge in [-0.15, -0.1) is 0 Å². The lowest BCUT2D eigenvalue weighted by Crippen LogP contribution is -2.22. The molecule has 3 heteroatoms. The van der Waals surface area contributed by atoms with Crippen molar-refractivity contribution in [1.82, 2.24) is 14.9 Å². The fourth-order valence-corrected chi connectivity index (χ4v) is 2.47. The molecule has 0 aliphatic carbocycles. The van der Waals surface area contributed by atoms with Crippen LogP contribution in [-0.2, 0) is 0 Å². The van der Waals surface area contributed by atoms with Crippen molar-refractivity contribution in [2.75, 3.05) is 13.1 Å². The fourth-order valence-electron chi connectivity index (χ4n) is 2.47. The van der Waals surface area contributed by atoms with Gasteiger partial charge in [0.25, 0.3) is 0 Å². The number of rotatable bonds is 6. The molecule has 0 aliphatic heterocycles. The molecular formula is C17H27N3. The Morgan fingerprint density at radius 2 is 1.85 bits per heavy atom. The van der Waals surface area contributed by atoms with Gasteiger partial charge in [0.05, 0.1) is 17.4 Å². The molecule has 1 aromatic carbocycles. The lowest BCUT2D eigenvalue weighted by atomic mass is 10.1. The number of benzene rings is 1. The van der Waals surface area contributed by atoms with Gasteiger partial charge in [0.15, 0.2) is 0 Å². The lowest BCUT2D eigenvalue weighted by Gasteiger charge is -2.16. The van der Waals surface area contributed by atoms with Gasteiger partial charge in [0, 0.05) is 6.04 Å². The SMILES string of the molecule is Cc1cc2ncn(C(C)CCNCC(C)C)c2cc1C. The maximum atomic E-state index is 4.54. The molecule has 2 aromatic rings. The maximum Gasteiger partial charge on any atom is 0.0960 e. The Labute approximate surface area is 122 Å². The molecule has 1 heterocycles. The van der Waals surface area contributed by atoms with Gasteiger partial charge in [-0.1, -0.05) is 13.8 Å². The van der Waals surface area contributed by atoms with Crippen LogP contribution in [0.3, 0.4) is 0 Å². The van der Waals surface area contributed by atoms with Gasteiger partial charge >= 0.3 is 0 Å². The molecule has 0 radical (unpaired) electrons. The monoisotopic (exact) mass is 273 g/mol. The van der Waals surface area contributed by atoms with Crippen LogP contribution >= 0.6 is 0 Å². The van der Waals surface area contributed by atoms with Gasteiger partial charge in [-0.05, 0) is 69.5 Å². The van der Waals surface area contributed by atoms with Crippen LogP contribution in [0.5, 0.6) is 0 Å². The highest BCUT2D eigenvalue weighted by Gasteiger charge is 2.10. The first-order chi connectivity index (χ1) is 9.49. The van der Waals surface area contributed by atoms with Crippen molar-refractivity contribution in [2.45, 2.75) is 47.1 Å². The largest absolute Gasteiger partial charge is 0.328 e. The van der Waals surface area contributed by atoms with Gasteiger partial charge in [-0.2, -0.15) is 0 Å². The zero-order chi connectivity index (χ0) is 14.7. The molecule has 0 amide bonds. The number of nitrogens with one attached hydrogen (secondary N) is 1. The van der Waals surface area contributed by atoms with Crippen molar-refractivity contribution >= 4 is 11.0 Å². The van der Waals surface area contributed by atoms with Crippen LogP contribution in [0.15, 0.2) is 18.5 Å². The number of aromatic nitrogens is 2. The van der Waals surface area contributed by atoms with E-state index in [0.29, 0.717) is 12.0 Å². The van der Waals surface area contributed by atoms with Crippen molar-refractivity contribution in [1.29, 1.82) is 0 Å². The third kappa shape index (κ3) is 3.40. The highest BCUT2D eigenvalue weighted by atomic mass is 15.1. The highest BCUT2D eigenvalue weighted by molar-refractivity contribution is 5.77.